The number of carbonyl (C=O) groups excluding carboxylic acids is 9. The molecule has 64 heavy (non-hydrogen) atoms. The van der Waals surface area contributed by atoms with Crippen LogP contribution in [0.2, 0.25) is 0 Å². The van der Waals surface area contributed by atoms with E-state index in [0.29, 0.717) is 29.7 Å². The normalized spacial score (nSPS) is 22.4. The number of nitrogens with one attached hydrogen (secondary N) is 10. The molecule has 0 radical (unpaired) electrons. The van der Waals surface area contributed by atoms with Gasteiger partial charge in [-0.25, -0.2) is 4.98 Å². The Hall–Kier alpha value is -7.58. The lowest BCUT2D eigenvalue weighted by atomic mass is 10.0. The van der Waals surface area contributed by atoms with Crippen molar-refractivity contribution < 1.29 is 43.2 Å². The number of para-hydroxylation sites is 1. The number of aromatic amines is 2. The Morgan fingerprint density at radius 3 is 2.12 bits per heavy atom. The Morgan fingerprint density at radius 1 is 0.750 bits per heavy atom. The molecule has 1 fully saturated rings. The molecule has 0 bridgehead atoms. The number of rotatable bonds is 10. The van der Waals surface area contributed by atoms with E-state index in [0.717, 1.165) is 10.9 Å². The van der Waals surface area contributed by atoms with Gasteiger partial charge in [-0.3, -0.25) is 43.2 Å². The quantitative estimate of drug-likeness (QED) is 0.0846. The second-order valence-corrected chi connectivity index (χ2v) is 15.5. The summed E-state index contributed by atoms with van der Waals surface area (Å²) in [5.74, 6) is -6.80. The first kappa shape index (κ1) is 47.5. The standard InChI is InChI=1S/C43H54N12O9/c1-24-39(60)53-33(17-27-20-48-30-13-7-6-12-29(27)30)41(62)52-31(38(44)59)14-8-9-15-46-36(57)19-35(51-37(58)22-47-25(2)56)43(64)55-34(18-28-21-45-23-49-28)42(63)54-32(40(61)50-24)16-26-10-4-3-5-11-26/h3-7,10-13,20-21,23-24,31-35,48H,8-9,14-19,22H2,1-2H3,(H2,44,59)(H,45,49)(H,46,57)(H,47,56)(H,50,61)(H,51,58)(H,52,62)(H,53,60)(H,54,63)(H,55,64)/t24?,31?,32?,33-,34?,35?/m0/s1. The minimum absolute atomic E-state index is 0.00934. The van der Waals surface area contributed by atoms with E-state index < -0.39 is 102 Å². The molecule has 2 aromatic carbocycles. The number of benzene rings is 2. The maximum atomic E-state index is 14.2. The summed E-state index contributed by atoms with van der Waals surface area (Å²) in [5.41, 5.74) is 8.24. The fraction of sp³-hybridized carbons (Fsp3) is 0.395. The smallest absolute Gasteiger partial charge is 0.243 e. The Balaban J connectivity index is 1.47. The lowest BCUT2D eigenvalue weighted by Crippen LogP contribution is -2.60. The van der Waals surface area contributed by atoms with Crippen LogP contribution in [0.5, 0.6) is 0 Å². The number of primary amides is 1. The van der Waals surface area contributed by atoms with Gasteiger partial charge in [-0.1, -0.05) is 48.5 Å². The fourth-order valence-electron chi connectivity index (χ4n) is 7.01. The summed E-state index contributed by atoms with van der Waals surface area (Å²) in [6, 6.07) is 8.15. The van der Waals surface area contributed by atoms with Gasteiger partial charge in [0.25, 0.3) is 0 Å². The number of amides is 9. The van der Waals surface area contributed by atoms with Crippen molar-refractivity contribution in [1.82, 2.24) is 57.5 Å². The molecule has 5 unspecified atom stereocenters. The summed E-state index contributed by atoms with van der Waals surface area (Å²) in [6.07, 6.45) is 4.36. The van der Waals surface area contributed by atoms with Gasteiger partial charge in [0.1, 0.15) is 36.3 Å². The Bertz CT molecular complexity index is 2300. The first-order valence-electron chi connectivity index (χ1n) is 20.8. The third-order valence-electron chi connectivity index (χ3n) is 10.5. The minimum Gasteiger partial charge on any atom is -0.368 e. The van der Waals surface area contributed by atoms with Gasteiger partial charge in [-0.05, 0) is 43.4 Å². The summed E-state index contributed by atoms with van der Waals surface area (Å²) in [6.45, 7) is 2.16. The highest BCUT2D eigenvalue weighted by Crippen LogP contribution is 2.19. The highest BCUT2D eigenvalue weighted by Gasteiger charge is 2.34. The summed E-state index contributed by atoms with van der Waals surface area (Å²) in [4.78, 5) is 130. The molecule has 0 aliphatic carbocycles. The maximum absolute atomic E-state index is 14.2. The molecule has 1 saturated heterocycles. The van der Waals surface area contributed by atoms with Crippen LogP contribution in [0, 0.1) is 0 Å². The lowest BCUT2D eigenvalue weighted by molar-refractivity contribution is -0.135. The number of hydrogen-bond donors (Lipinski definition) is 11. The molecule has 4 aromatic rings. The first-order valence-corrected chi connectivity index (χ1v) is 20.8. The van der Waals surface area contributed by atoms with E-state index in [9.17, 15) is 43.2 Å². The second kappa shape index (κ2) is 23.0. The van der Waals surface area contributed by atoms with E-state index in [1.54, 1.807) is 36.5 Å². The van der Waals surface area contributed by atoms with Crippen LogP contribution in [0.1, 0.15) is 56.4 Å². The molecule has 5 rings (SSSR count). The van der Waals surface area contributed by atoms with Gasteiger partial charge in [0.15, 0.2) is 0 Å². The molecular formula is C43H54N12O9. The first-order chi connectivity index (χ1) is 30.7. The zero-order valence-electron chi connectivity index (χ0n) is 35.5. The van der Waals surface area contributed by atoms with Crippen molar-refractivity contribution >= 4 is 64.1 Å². The molecule has 9 amide bonds. The molecular weight excluding hydrogens is 829 g/mol. The topological polar surface area (TPSA) is 320 Å². The molecule has 340 valence electrons. The van der Waals surface area contributed by atoms with E-state index in [1.807, 2.05) is 24.3 Å². The summed E-state index contributed by atoms with van der Waals surface area (Å²) in [7, 11) is 0. The molecule has 2 aromatic heterocycles. The van der Waals surface area contributed by atoms with Crippen molar-refractivity contribution in [2.75, 3.05) is 13.1 Å². The number of imidazole rings is 1. The maximum Gasteiger partial charge on any atom is 0.243 e. The van der Waals surface area contributed by atoms with E-state index in [2.05, 4.69) is 57.5 Å². The molecule has 3 heterocycles. The van der Waals surface area contributed by atoms with Crippen molar-refractivity contribution in [2.24, 2.45) is 5.73 Å². The Kier molecular flexibility index (Phi) is 17.1. The number of H-pyrrole nitrogens is 2. The monoisotopic (exact) mass is 882 g/mol. The van der Waals surface area contributed by atoms with Gasteiger partial charge in [-0.15, -0.1) is 0 Å². The van der Waals surface area contributed by atoms with Crippen molar-refractivity contribution in [2.45, 2.75) is 95.0 Å². The van der Waals surface area contributed by atoms with Crippen LogP contribution in [0.25, 0.3) is 10.9 Å². The van der Waals surface area contributed by atoms with Crippen LogP contribution < -0.4 is 48.3 Å². The highest BCUT2D eigenvalue weighted by atomic mass is 16.2. The van der Waals surface area contributed by atoms with Gasteiger partial charge in [0.05, 0.1) is 19.3 Å². The summed E-state index contributed by atoms with van der Waals surface area (Å²) < 4.78 is 0. The number of aromatic nitrogens is 3. The van der Waals surface area contributed by atoms with Gasteiger partial charge < -0.3 is 58.2 Å². The van der Waals surface area contributed by atoms with Crippen molar-refractivity contribution in [3.63, 3.8) is 0 Å². The van der Waals surface area contributed by atoms with Crippen LogP contribution in [-0.4, -0.2) is 117 Å². The molecule has 1 aliphatic heterocycles. The molecule has 12 N–H and O–H groups in total. The molecule has 0 spiro atoms. The Labute approximate surface area is 368 Å². The fourth-order valence-corrected chi connectivity index (χ4v) is 7.01. The number of nitrogens with two attached hydrogens (primary N) is 1. The lowest BCUT2D eigenvalue weighted by Gasteiger charge is -2.26. The van der Waals surface area contributed by atoms with Crippen molar-refractivity contribution in [1.29, 1.82) is 0 Å². The SMILES string of the molecule is CC(=O)NCC(=O)NC1CC(=O)NCCCCC(C(N)=O)NC(=O)[C@H](Cc2c[nH]c3ccccc23)NC(=O)C(C)NC(=O)C(Cc2ccccc2)NC(=O)C(Cc2cnc[nH]2)NC1=O. The Morgan fingerprint density at radius 2 is 1.41 bits per heavy atom. The largest absolute Gasteiger partial charge is 0.368 e. The molecule has 6 atom stereocenters. The average molecular weight is 883 g/mol. The van der Waals surface area contributed by atoms with Gasteiger partial charge in [0.2, 0.25) is 53.2 Å². The average Bonchev–Trinajstić information content (AvgIpc) is 3.94. The van der Waals surface area contributed by atoms with E-state index in [1.165, 1.54) is 26.4 Å². The van der Waals surface area contributed by atoms with Gasteiger partial charge in [0, 0.05) is 61.7 Å². The molecule has 0 saturated carbocycles. The molecule has 21 nitrogen and oxygen atoms in total. The van der Waals surface area contributed by atoms with Crippen molar-refractivity contribution in [3.8, 4) is 0 Å². The summed E-state index contributed by atoms with van der Waals surface area (Å²) in [5, 5.41) is 21.5. The highest BCUT2D eigenvalue weighted by molar-refractivity contribution is 5.98. The molecule has 21 heteroatoms. The number of nitrogens with zero attached hydrogens (tertiary/aromatic N) is 1. The van der Waals surface area contributed by atoms with Crippen LogP contribution in [-0.2, 0) is 62.4 Å². The van der Waals surface area contributed by atoms with Crippen LogP contribution in [0.4, 0.5) is 0 Å². The van der Waals surface area contributed by atoms with Gasteiger partial charge >= 0.3 is 0 Å². The second-order valence-electron chi connectivity index (χ2n) is 15.5. The summed E-state index contributed by atoms with van der Waals surface area (Å²) >= 11 is 0. The zero-order valence-corrected chi connectivity index (χ0v) is 35.5. The number of hydrogen-bond acceptors (Lipinski definition) is 10. The van der Waals surface area contributed by atoms with Crippen molar-refractivity contribution in [3.05, 3.63) is 90.1 Å². The van der Waals surface area contributed by atoms with E-state index in [4.69, 9.17) is 5.73 Å². The van der Waals surface area contributed by atoms with Crippen LogP contribution in [0.3, 0.4) is 0 Å². The van der Waals surface area contributed by atoms with Crippen LogP contribution in [0.15, 0.2) is 73.3 Å². The van der Waals surface area contributed by atoms with Gasteiger partial charge in [-0.2, -0.15) is 0 Å². The molecule has 1 aliphatic rings. The zero-order chi connectivity index (χ0) is 46.2. The van der Waals surface area contributed by atoms with Crippen LogP contribution >= 0.6 is 0 Å². The minimum atomic E-state index is -1.53. The number of fused-ring (bicyclic) bond motifs is 1. The number of carbonyl (C=O) groups is 9. The third-order valence-corrected chi connectivity index (χ3v) is 10.5. The van der Waals surface area contributed by atoms with E-state index >= 15 is 0 Å². The third kappa shape index (κ3) is 14.2. The predicted molar refractivity (Wildman–Crippen MR) is 231 cm³/mol. The predicted octanol–water partition coefficient (Wildman–Crippen LogP) is -1.84. The van der Waals surface area contributed by atoms with E-state index in [-0.39, 0.29) is 32.2 Å².